The maximum atomic E-state index is 12.5. The molecule has 0 radical (unpaired) electrons. The molecular weight excluding hydrogens is 337 g/mol. The van der Waals surface area contributed by atoms with Gasteiger partial charge in [0.25, 0.3) is 5.91 Å². The van der Waals surface area contributed by atoms with Crippen molar-refractivity contribution >= 4 is 5.91 Å². The average Bonchev–Trinajstić information content (AvgIpc) is 2.99. The van der Waals surface area contributed by atoms with E-state index in [9.17, 15) is 18.0 Å². The standard InChI is InChI=1S/C16H17F3N4O2/c1-22-10-20-21-14(22)11-5-7-23(8-6-11)15(24)12-3-2-4-13(9-12)25-16(17,18)19/h2-4,9-11H,5-8H2,1H3. The van der Waals surface area contributed by atoms with E-state index in [0.717, 1.165) is 24.7 Å². The summed E-state index contributed by atoms with van der Waals surface area (Å²) in [6.45, 7) is 1.03. The zero-order valence-corrected chi connectivity index (χ0v) is 13.5. The third-order valence-electron chi connectivity index (χ3n) is 4.21. The molecule has 1 amide bonds. The molecule has 2 aromatic rings. The highest BCUT2D eigenvalue weighted by atomic mass is 19.4. The van der Waals surface area contributed by atoms with E-state index in [1.807, 2.05) is 11.6 Å². The number of benzene rings is 1. The Morgan fingerprint density at radius 1 is 1.28 bits per heavy atom. The molecule has 1 fully saturated rings. The van der Waals surface area contributed by atoms with Crippen LogP contribution in [0.4, 0.5) is 13.2 Å². The number of likely N-dealkylation sites (tertiary alicyclic amines) is 1. The number of hydrogen-bond donors (Lipinski definition) is 0. The normalized spacial score (nSPS) is 16.1. The molecule has 6 nitrogen and oxygen atoms in total. The summed E-state index contributed by atoms with van der Waals surface area (Å²) in [5.41, 5.74) is 0.179. The van der Waals surface area contributed by atoms with Crippen LogP contribution >= 0.6 is 0 Å². The molecule has 1 aliphatic rings. The lowest BCUT2D eigenvalue weighted by Gasteiger charge is -2.31. The molecular formula is C16H17F3N4O2. The zero-order valence-electron chi connectivity index (χ0n) is 13.5. The summed E-state index contributed by atoms with van der Waals surface area (Å²) in [5, 5.41) is 7.96. The third kappa shape index (κ3) is 4.09. The summed E-state index contributed by atoms with van der Waals surface area (Å²) >= 11 is 0. The van der Waals surface area contributed by atoms with E-state index in [2.05, 4.69) is 14.9 Å². The first kappa shape index (κ1) is 17.2. The molecule has 25 heavy (non-hydrogen) atoms. The number of alkyl halides is 3. The van der Waals surface area contributed by atoms with Crippen molar-refractivity contribution < 1.29 is 22.7 Å². The maximum Gasteiger partial charge on any atom is 0.573 e. The van der Waals surface area contributed by atoms with E-state index in [0.29, 0.717) is 13.1 Å². The first-order valence-corrected chi connectivity index (χ1v) is 7.82. The van der Waals surface area contributed by atoms with Crippen LogP contribution in [0.2, 0.25) is 0 Å². The van der Waals surface area contributed by atoms with Gasteiger partial charge in [0.05, 0.1) is 0 Å². The fourth-order valence-electron chi connectivity index (χ4n) is 3.01. The van der Waals surface area contributed by atoms with Gasteiger partial charge in [-0.2, -0.15) is 0 Å². The molecule has 1 aromatic carbocycles. The van der Waals surface area contributed by atoms with Crippen molar-refractivity contribution in [1.82, 2.24) is 19.7 Å². The number of halogens is 3. The Labute approximate surface area is 142 Å². The highest BCUT2D eigenvalue weighted by Crippen LogP contribution is 2.28. The Kier molecular flexibility index (Phi) is 4.65. The second-order valence-electron chi connectivity index (χ2n) is 5.94. The van der Waals surface area contributed by atoms with Gasteiger partial charge < -0.3 is 14.2 Å². The minimum atomic E-state index is -4.78. The minimum absolute atomic E-state index is 0.179. The zero-order chi connectivity index (χ0) is 18.0. The highest BCUT2D eigenvalue weighted by Gasteiger charge is 2.32. The van der Waals surface area contributed by atoms with Crippen LogP contribution in [-0.2, 0) is 7.05 Å². The predicted molar refractivity (Wildman–Crippen MR) is 82.0 cm³/mol. The topological polar surface area (TPSA) is 60.2 Å². The SMILES string of the molecule is Cn1cnnc1C1CCN(C(=O)c2cccc(OC(F)(F)F)c2)CC1. The molecule has 0 unspecified atom stereocenters. The predicted octanol–water partition coefficient (Wildman–Crippen LogP) is 2.73. The second-order valence-corrected chi connectivity index (χ2v) is 5.94. The maximum absolute atomic E-state index is 12.5. The molecule has 1 aliphatic heterocycles. The Balaban J connectivity index is 1.65. The quantitative estimate of drug-likeness (QED) is 0.850. The number of aromatic nitrogens is 3. The molecule has 3 rings (SSSR count). The third-order valence-corrected chi connectivity index (χ3v) is 4.21. The lowest BCUT2D eigenvalue weighted by molar-refractivity contribution is -0.274. The molecule has 0 spiro atoms. The van der Waals surface area contributed by atoms with Gasteiger partial charge in [0.1, 0.15) is 17.9 Å². The van der Waals surface area contributed by atoms with Crippen molar-refractivity contribution in [3.63, 3.8) is 0 Å². The van der Waals surface area contributed by atoms with Crippen LogP contribution in [0.5, 0.6) is 5.75 Å². The van der Waals surface area contributed by atoms with Crippen LogP contribution < -0.4 is 4.74 Å². The van der Waals surface area contributed by atoms with Crippen molar-refractivity contribution in [3.05, 3.63) is 42.0 Å². The highest BCUT2D eigenvalue weighted by molar-refractivity contribution is 5.94. The number of amides is 1. The Morgan fingerprint density at radius 2 is 2.00 bits per heavy atom. The number of carbonyl (C=O) groups is 1. The smallest absolute Gasteiger partial charge is 0.406 e. The van der Waals surface area contributed by atoms with E-state index in [4.69, 9.17) is 0 Å². The van der Waals surface area contributed by atoms with Gasteiger partial charge in [-0.25, -0.2) is 0 Å². The Hall–Kier alpha value is -2.58. The van der Waals surface area contributed by atoms with Gasteiger partial charge >= 0.3 is 6.36 Å². The average molecular weight is 354 g/mol. The minimum Gasteiger partial charge on any atom is -0.406 e. The van der Waals surface area contributed by atoms with Crippen molar-refractivity contribution in [2.45, 2.75) is 25.1 Å². The lowest BCUT2D eigenvalue weighted by Crippen LogP contribution is -2.38. The lowest BCUT2D eigenvalue weighted by atomic mass is 9.95. The molecule has 1 aromatic heterocycles. The Morgan fingerprint density at radius 3 is 2.60 bits per heavy atom. The number of nitrogens with zero attached hydrogens (tertiary/aromatic N) is 4. The van der Waals surface area contributed by atoms with Crippen LogP contribution in [0, 0.1) is 0 Å². The molecule has 1 saturated heterocycles. The molecule has 9 heteroatoms. The summed E-state index contributed by atoms with van der Waals surface area (Å²) in [7, 11) is 1.87. The first-order valence-electron chi connectivity index (χ1n) is 7.82. The van der Waals surface area contributed by atoms with E-state index < -0.39 is 12.1 Å². The van der Waals surface area contributed by atoms with Gasteiger partial charge in [-0.05, 0) is 31.0 Å². The van der Waals surface area contributed by atoms with Gasteiger partial charge in [0.15, 0.2) is 0 Å². The fraction of sp³-hybridized carbons (Fsp3) is 0.438. The molecule has 2 heterocycles. The van der Waals surface area contributed by atoms with E-state index in [1.165, 1.54) is 18.2 Å². The first-order chi connectivity index (χ1) is 11.8. The van der Waals surface area contributed by atoms with Crippen LogP contribution in [0.15, 0.2) is 30.6 Å². The second kappa shape index (κ2) is 6.73. The summed E-state index contributed by atoms with van der Waals surface area (Å²) < 4.78 is 42.7. The van der Waals surface area contributed by atoms with Gasteiger partial charge in [0.2, 0.25) is 0 Å². The monoisotopic (exact) mass is 354 g/mol. The van der Waals surface area contributed by atoms with Gasteiger partial charge in [-0.15, -0.1) is 23.4 Å². The van der Waals surface area contributed by atoms with Crippen LogP contribution in [0.1, 0.15) is 34.9 Å². The summed E-state index contributed by atoms with van der Waals surface area (Å²) in [4.78, 5) is 14.2. The molecule has 0 bridgehead atoms. The molecule has 0 atom stereocenters. The van der Waals surface area contributed by atoms with Crippen molar-refractivity contribution in [2.24, 2.45) is 7.05 Å². The van der Waals surface area contributed by atoms with Gasteiger partial charge in [-0.1, -0.05) is 6.07 Å². The number of hydrogen-bond acceptors (Lipinski definition) is 4. The number of carbonyl (C=O) groups excluding carboxylic acids is 1. The molecule has 0 aliphatic carbocycles. The van der Waals surface area contributed by atoms with Crippen LogP contribution in [-0.4, -0.2) is 45.0 Å². The summed E-state index contributed by atoms with van der Waals surface area (Å²) in [6.07, 6.45) is -1.68. The number of ether oxygens (including phenoxy) is 1. The van der Waals surface area contributed by atoms with Gasteiger partial charge in [-0.3, -0.25) is 4.79 Å². The molecule has 0 saturated carbocycles. The summed E-state index contributed by atoms with van der Waals surface area (Å²) in [6, 6.07) is 5.15. The largest absolute Gasteiger partial charge is 0.573 e. The number of rotatable bonds is 3. The fourth-order valence-corrected chi connectivity index (χ4v) is 3.01. The van der Waals surface area contributed by atoms with E-state index >= 15 is 0 Å². The van der Waals surface area contributed by atoms with Crippen molar-refractivity contribution in [3.8, 4) is 5.75 Å². The van der Waals surface area contributed by atoms with E-state index in [-0.39, 0.29) is 17.4 Å². The van der Waals surface area contributed by atoms with Crippen LogP contribution in [0.25, 0.3) is 0 Å². The Bertz CT molecular complexity index is 752. The number of aryl methyl sites for hydroxylation is 1. The van der Waals surface area contributed by atoms with Crippen molar-refractivity contribution in [1.29, 1.82) is 0 Å². The summed E-state index contributed by atoms with van der Waals surface area (Å²) in [5.74, 6) is 0.403. The number of piperidine rings is 1. The molecule has 134 valence electrons. The van der Waals surface area contributed by atoms with Crippen LogP contribution in [0.3, 0.4) is 0 Å². The van der Waals surface area contributed by atoms with Gasteiger partial charge in [0, 0.05) is 31.6 Å². The molecule has 0 N–H and O–H groups in total. The van der Waals surface area contributed by atoms with E-state index in [1.54, 1.807) is 11.2 Å². The van der Waals surface area contributed by atoms with Crippen molar-refractivity contribution in [2.75, 3.05) is 13.1 Å².